The highest BCUT2D eigenvalue weighted by Gasteiger charge is 2.33. The van der Waals surface area contributed by atoms with Crippen LogP contribution in [0.1, 0.15) is 18.9 Å². The van der Waals surface area contributed by atoms with Gasteiger partial charge in [0.25, 0.3) is 5.91 Å². The molecule has 1 fully saturated rings. The fourth-order valence-electron chi connectivity index (χ4n) is 2.69. The fraction of sp³-hybridized carbons (Fsp3) is 0.375. The Hall–Kier alpha value is -3.17. The van der Waals surface area contributed by atoms with Crippen molar-refractivity contribution >= 4 is 29.3 Å². The van der Waals surface area contributed by atoms with Gasteiger partial charge in [0.1, 0.15) is 11.9 Å². The molecule has 2 heterocycles. The molecule has 1 aromatic carbocycles. The number of hydrogen-bond donors (Lipinski definition) is 2. The van der Waals surface area contributed by atoms with Crippen molar-refractivity contribution in [1.29, 1.82) is 0 Å². The second kappa shape index (κ2) is 6.98. The van der Waals surface area contributed by atoms with Crippen LogP contribution in [-0.4, -0.2) is 48.9 Å². The van der Waals surface area contributed by atoms with Crippen LogP contribution in [0.5, 0.6) is 0 Å². The van der Waals surface area contributed by atoms with Crippen LogP contribution in [-0.2, 0) is 19.2 Å². The number of oxime groups is 1. The Morgan fingerprint density at radius 3 is 2.85 bits per heavy atom. The fourth-order valence-corrected chi connectivity index (χ4v) is 2.69. The van der Waals surface area contributed by atoms with Gasteiger partial charge in [-0.2, -0.15) is 0 Å². The average Bonchev–Trinajstić information content (AvgIpc) is 3.20. The summed E-state index contributed by atoms with van der Waals surface area (Å²) in [4.78, 5) is 40.2. The van der Waals surface area contributed by atoms with Gasteiger partial charge in [-0.15, -0.1) is 0 Å². The van der Waals surface area contributed by atoms with E-state index in [0.29, 0.717) is 5.69 Å². The number of carbonyl (C=O) groups is 3. The summed E-state index contributed by atoms with van der Waals surface area (Å²) in [5.74, 6) is -1.53. The maximum absolute atomic E-state index is 14.5. The summed E-state index contributed by atoms with van der Waals surface area (Å²) in [5.41, 5.74) is 5.89. The summed E-state index contributed by atoms with van der Waals surface area (Å²) < 4.78 is 19.6. The van der Waals surface area contributed by atoms with Crippen LogP contribution in [0.25, 0.3) is 0 Å². The van der Waals surface area contributed by atoms with Crippen LogP contribution >= 0.6 is 0 Å². The summed E-state index contributed by atoms with van der Waals surface area (Å²) in [6.45, 7) is 1.73. The lowest BCUT2D eigenvalue weighted by Gasteiger charge is -2.14. The molecule has 1 aromatic rings. The standard InChI is InChI=1S/C16H17FN4O5/c1-8(22)19-6-10-7-21(16(24)25-10)9-2-3-11(12(17)4-9)13-5-14(15(18)23)26-20-13/h2-4,10,14H,5-7H2,1H3,(H2,18,23)(H,19,22)/t10-,14?/m0/s1. The molecule has 0 saturated carbocycles. The zero-order valence-electron chi connectivity index (χ0n) is 13.9. The Morgan fingerprint density at radius 2 is 2.23 bits per heavy atom. The Kier molecular flexibility index (Phi) is 4.74. The van der Waals surface area contributed by atoms with E-state index in [1.807, 2.05) is 0 Å². The molecule has 0 aromatic heterocycles. The molecular formula is C16H17FN4O5. The van der Waals surface area contributed by atoms with Crippen LogP contribution in [0.4, 0.5) is 14.9 Å². The number of primary amides is 1. The highest BCUT2D eigenvalue weighted by Crippen LogP contribution is 2.26. The van der Waals surface area contributed by atoms with Gasteiger partial charge in [-0.25, -0.2) is 9.18 Å². The minimum Gasteiger partial charge on any atom is -0.442 e. The summed E-state index contributed by atoms with van der Waals surface area (Å²) in [6, 6.07) is 4.17. The maximum atomic E-state index is 14.5. The van der Waals surface area contributed by atoms with Gasteiger partial charge in [-0.1, -0.05) is 5.16 Å². The van der Waals surface area contributed by atoms with E-state index in [4.69, 9.17) is 15.3 Å². The lowest BCUT2D eigenvalue weighted by Crippen LogP contribution is -2.33. The van der Waals surface area contributed by atoms with E-state index in [2.05, 4.69) is 10.5 Å². The number of benzene rings is 1. The number of hydrogen-bond acceptors (Lipinski definition) is 6. The van der Waals surface area contributed by atoms with Gasteiger partial charge in [0.15, 0.2) is 0 Å². The monoisotopic (exact) mass is 364 g/mol. The van der Waals surface area contributed by atoms with Gasteiger partial charge in [0.05, 0.1) is 24.5 Å². The Morgan fingerprint density at radius 1 is 1.46 bits per heavy atom. The number of carbonyl (C=O) groups excluding carboxylic acids is 3. The van der Waals surface area contributed by atoms with Crippen LogP contribution in [0.2, 0.25) is 0 Å². The molecule has 3 amide bonds. The summed E-state index contributed by atoms with van der Waals surface area (Å²) in [7, 11) is 0. The molecule has 2 aliphatic heterocycles. The van der Waals surface area contributed by atoms with Crippen LogP contribution < -0.4 is 16.0 Å². The molecule has 0 bridgehead atoms. The largest absolute Gasteiger partial charge is 0.442 e. The van der Waals surface area contributed by atoms with E-state index in [0.717, 1.165) is 0 Å². The van der Waals surface area contributed by atoms with Gasteiger partial charge >= 0.3 is 6.09 Å². The lowest BCUT2D eigenvalue weighted by atomic mass is 10.0. The molecule has 3 N–H and O–H groups in total. The minimum atomic E-state index is -0.910. The van der Waals surface area contributed by atoms with Crippen molar-refractivity contribution in [3.8, 4) is 0 Å². The summed E-state index contributed by atoms with van der Waals surface area (Å²) in [6.07, 6.45) is -1.97. The van der Waals surface area contributed by atoms with E-state index in [1.165, 1.54) is 24.0 Å². The van der Waals surface area contributed by atoms with Crippen LogP contribution in [0.15, 0.2) is 23.4 Å². The average molecular weight is 364 g/mol. The zero-order chi connectivity index (χ0) is 18.8. The molecular weight excluding hydrogens is 347 g/mol. The maximum Gasteiger partial charge on any atom is 0.414 e. The smallest absolute Gasteiger partial charge is 0.414 e. The van der Waals surface area contributed by atoms with Gasteiger partial charge in [-0.3, -0.25) is 14.5 Å². The van der Waals surface area contributed by atoms with Gasteiger partial charge in [-0.05, 0) is 18.2 Å². The van der Waals surface area contributed by atoms with Gasteiger partial charge < -0.3 is 20.6 Å². The molecule has 138 valence electrons. The quantitative estimate of drug-likeness (QED) is 0.776. The number of nitrogens with two attached hydrogens (primary N) is 1. The normalized spacial score (nSPS) is 21.8. The van der Waals surface area contributed by atoms with Gasteiger partial charge in [0.2, 0.25) is 12.0 Å². The van der Waals surface area contributed by atoms with Crippen molar-refractivity contribution in [2.75, 3.05) is 18.0 Å². The van der Waals surface area contributed by atoms with E-state index in [-0.39, 0.29) is 36.7 Å². The van der Waals surface area contributed by atoms with Crippen LogP contribution in [0, 0.1) is 5.82 Å². The SMILES string of the molecule is CC(=O)NC[C@H]1CN(c2ccc(C3=NOC(C(N)=O)C3)c(F)c2)C(=O)O1. The number of halogens is 1. The molecule has 10 heteroatoms. The van der Waals surface area contributed by atoms with Crippen molar-refractivity contribution in [3.05, 3.63) is 29.6 Å². The van der Waals surface area contributed by atoms with E-state index >= 15 is 0 Å². The first-order chi connectivity index (χ1) is 12.3. The van der Waals surface area contributed by atoms with Crippen molar-refractivity contribution < 1.29 is 28.3 Å². The highest BCUT2D eigenvalue weighted by molar-refractivity contribution is 6.04. The number of rotatable bonds is 5. The predicted octanol–water partition coefficient (Wildman–Crippen LogP) is 0.265. The predicted molar refractivity (Wildman–Crippen MR) is 87.9 cm³/mol. The molecule has 0 radical (unpaired) electrons. The number of amides is 3. The summed E-state index contributed by atoms with van der Waals surface area (Å²) >= 11 is 0. The number of nitrogens with zero attached hydrogens (tertiary/aromatic N) is 2. The molecule has 3 rings (SSSR count). The second-order valence-electron chi connectivity index (χ2n) is 5.96. The van der Waals surface area contributed by atoms with Gasteiger partial charge in [0, 0.05) is 18.9 Å². The number of nitrogens with one attached hydrogen (secondary N) is 1. The van der Waals surface area contributed by atoms with E-state index < -0.39 is 30.0 Å². The number of anilines is 1. The Bertz CT molecular complexity index is 797. The third kappa shape index (κ3) is 3.58. The number of cyclic esters (lactones) is 1. The Balaban J connectivity index is 1.71. The highest BCUT2D eigenvalue weighted by atomic mass is 19.1. The minimum absolute atomic E-state index is 0.0795. The molecule has 2 atom stereocenters. The van der Waals surface area contributed by atoms with Crippen LogP contribution in [0.3, 0.4) is 0 Å². The van der Waals surface area contributed by atoms with Crippen molar-refractivity contribution in [2.24, 2.45) is 10.9 Å². The summed E-state index contributed by atoms with van der Waals surface area (Å²) in [5, 5.41) is 6.26. The van der Waals surface area contributed by atoms with E-state index in [1.54, 1.807) is 6.07 Å². The zero-order valence-corrected chi connectivity index (χ0v) is 13.9. The Labute approximate surface area is 147 Å². The van der Waals surface area contributed by atoms with E-state index in [9.17, 15) is 18.8 Å². The molecule has 2 aliphatic rings. The first kappa shape index (κ1) is 17.6. The van der Waals surface area contributed by atoms with Crippen molar-refractivity contribution in [3.63, 3.8) is 0 Å². The second-order valence-corrected chi connectivity index (χ2v) is 5.96. The third-order valence-corrected chi connectivity index (χ3v) is 4.01. The molecule has 26 heavy (non-hydrogen) atoms. The first-order valence-corrected chi connectivity index (χ1v) is 7.89. The van der Waals surface area contributed by atoms with Crippen molar-refractivity contribution in [2.45, 2.75) is 25.6 Å². The molecule has 1 unspecified atom stereocenters. The number of ether oxygens (including phenoxy) is 1. The lowest BCUT2D eigenvalue weighted by molar-refractivity contribution is -0.127. The molecule has 1 saturated heterocycles. The molecule has 9 nitrogen and oxygen atoms in total. The first-order valence-electron chi connectivity index (χ1n) is 7.89. The molecule has 0 spiro atoms. The topological polar surface area (TPSA) is 123 Å². The third-order valence-electron chi connectivity index (χ3n) is 4.01. The molecule has 0 aliphatic carbocycles. The van der Waals surface area contributed by atoms with Crippen molar-refractivity contribution in [1.82, 2.24) is 5.32 Å².